The summed E-state index contributed by atoms with van der Waals surface area (Å²) in [7, 11) is 5.49. The molecule has 0 saturated carbocycles. The van der Waals surface area contributed by atoms with Gasteiger partial charge in [0.25, 0.3) is 0 Å². The van der Waals surface area contributed by atoms with Gasteiger partial charge in [-0.15, -0.1) is 0 Å². The van der Waals surface area contributed by atoms with Crippen LogP contribution >= 0.6 is 0 Å². The lowest BCUT2D eigenvalue weighted by Crippen LogP contribution is -2.41. The van der Waals surface area contributed by atoms with E-state index in [1.165, 1.54) is 17.7 Å². The standard InChI is InChI=1S/C21H29FN4O/c1-23-21(24-13-12-17-6-10-20(27-3)11-7-17)25-14-15-26(2)16-18-4-8-19(22)9-5-18/h4-11H,12-16H2,1-3H3,(H2,23,24,25). The summed E-state index contributed by atoms with van der Waals surface area (Å²) in [5.41, 5.74) is 2.35. The van der Waals surface area contributed by atoms with Crippen molar-refractivity contribution in [2.75, 3.05) is 40.8 Å². The molecule has 0 aliphatic rings. The zero-order valence-electron chi connectivity index (χ0n) is 16.3. The highest BCUT2D eigenvalue weighted by Gasteiger charge is 2.03. The van der Waals surface area contributed by atoms with E-state index in [4.69, 9.17) is 4.74 Å². The molecule has 2 aromatic rings. The molecule has 6 heteroatoms. The van der Waals surface area contributed by atoms with E-state index in [2.05, 4.69) is 32.7 Å². The van der Waals surface area contributed by atoms with Crippen LogP contribution in [-0.4, -0.2) is 51.7 Å². The number of likely N-dealkylation sites (N-methyl/N-ethyl adjacent to an activating group) is 1. The Morgan fingerprint density at radius 1 is 1.00 bits per heavy atom. The second kappa shape index (κ2) is 11.2. The van der Waals surface area contributed by atoms with Crippen molar-refractivity contribution in [2.24, 2.45) is 4.99 Å². The SMILES string of the molecule is CN=C(NCCc1ccc(OC)cc1)NCCN(C)Cc1ccc(F)cc1. The molecule has 0 saturated heterocycles. The van der Waals surface area contributed by atoms with Gasteiger partial charge in [-0.25, -0.2) is 4.39 Å². The number of nitrogens with one attached hydrogen (secondary N) is 2. The van der Waals surface area contributed by atoms with Gasteiger partial charge in [-0.05, 0) is 48.9 Å². The van der Waals surface area contributed by atoms with Crippen molar-refractivity contribution >= 4 is 5.96 Å². The quantitative estimate of drug-likeness (QED) is 0.525. The van der Waals surface area contributed by atoms with Crippen LogP contribution in [0.4, 0.5) is 4.39 Å². The number of benzene rings is 2. The van der Waals surface area contributed by atoms with E-state index < -0.39 is 0 Å². The highest BCUT2D eigenvalue weighted by atomic mass is 19.1. The van der Waals surface area contributed by atoms with Gasteiger partial charge >= 0.3 is 0 Å². The smallest absolute Gasteiger partial charge is 0.191 e. The van der Waals surface area contributed by atoms with Crippen molar-refractivity contribution in [1.82, 2.24) is 15.5 Å². The van der Waals surface area contributed by atoms with Crippen molar-refractivity contribution in [2.45, 2.75) is 13.0 Å². The maximum Gasteiger partial charge on any atom is 0.191 e. The molecule has 27 heavy (non-hydrogen) atoms. The average molecular weight is 372 g/mol. The van der Waals surface area contributed by atoms with Crippen molar-refractivity contribution < 1.29 is 9.13 Å². The average Bonchev–Trinajstić information content (AvgIpc) is 2.69. The second-order valence-corrected chi connectivity index (χ2v) is 6.39. The van der Waals surface area contributed by atoms with Gasteiger partial charge in [-0.1, -0.05) is 24.3 Å². The van der Waals surface area contributed by atoms with Crippen LogP contribution in [0.3, 0.4) is 0 Å². The van der Waals surface area contributed by atoms with Crippen LogP contribution in [0.15, 0.2) is 53.5 Å². The van der Waals surface area contributed by atoms with Gasteiger partial charge in [0.1, 0.15) is 11.6 Å². The van der Waals surface area contributed by atoms with E-state index in [1.54, 1.807) is 14.2 Å². The fraction of sp³-hybridized carbons (Fsp3) is 0.381. The van der Waals surface area contributed by atoms with Crippen LogP contribution in [0, 0.1) is 5.82 Å². The van der Waals surface area contributed by atoms with Crippen molar-refractivity contribution in [3.05, 3.63) is 65.5 Å². The van der Waals surface area contributed by atoms with Gasteiger partial charge < -0.3 is 20.3 Å². The van der Waals surface area contributed by atoms with Crippen LogP contribution in [0.5, 0.6) is 5.75 Å². The molecule has 2 rings (SSSR count). The molecule has 0 bridgehead atoms. The summed E-state index contributed by atoms with van der Waals surface area (Å²) in [4.78, 5) is 6.44. The van der Waals surface area contributed by atoms with Gasteiger partial charge in [-0.3, -0.25) is 4.99 Å². The Labute approximate surface area is 161 Å². The summed E-state index contributed by atoms with van der Waals surface area (Å²) in [6, 6.07) is 14.7. The number of nitrogens with zero attached hydrogens (tertiary/aromatic N) is 2. The van der Waals surface area contributed by atoms with Crippen LogP contribution < -0.4 is 15.4 Å². The number of halogens is 1. The molecule has 0 aliphatic carbocycles. The van der Waals surface area contributed by atoms with Gasteiger partial charge in [0, 0.05) is 33.2 Å². The minimum absolute atomic E-state index is 0.201. The van der Waals surface area contributed by atoms with Crippen LogP contribution in [0.1, 0.15) is 11.1 Å². The molecule has 0 radical (unpaired) electrons. The zero-order chi connectivity index (χ0) is 19.5. The number of hydrogen-bond donors (Lipinski definition) is 2. The number of methoxy groups -OCH3 is 1. The summed E-state index contributed by atoms with van der Waals surface area (Å²) >= 11 is 0. The molecule has 5 nitrogen and oxygen atoms in total. The Kier molecular flexibility index (Phi) is 8.58. The third-order valence-corrected chi connectivity index (χ3v) is 4.24. The first-order valence-corrected chi connectivity index (χ1v) is 9.11. The molecule has 0 heterocycles. The fourth-order valence-electron chi connectivity index (χ4n) is 2.68. The molecule has 2 aromatic carbocycles. The number of hydrogen-bond acceptors (Lipinski definition) is 3. The maximum atomic E-state index is 12.9. The second-order valence-electron chi connectivity index (χ2n) is 6.39. The lowest BCUT2D eigenvalue weighted by molar-refractivity contribution is 0.331. The lowest BCUT2D eigenvalue weighted by atomic mass is 10.1. The van der Waals surface area contributed by atoms with E-state index >= 15 is 0 Å². The predicted molar refractivity (Wildman–Crippen MR) is 109 cm³/mol. The first-order chi connectivity index (χ1) is 13.1. The highest BCUT2D eigenvalue weighted by molar-refractivity contribution is 5.79. The molecule has 0 amide bonds. The van der Waals surface area contributed by atoms with Gasteiger partial charge in [-0.2, -0.15) is 0 Å². The Bertz CT molecular complexity index is 701. The topological polar surface area (TPSA) is 48.9 Å². The van der Waals surface area contributed by atoms with Crippen LogP contribution in [0.2, 0.25) is 0 Å². The van der Waals surface area contributed by atoms with E-state index in [-0.39, 0.29) is 5.82 Å². The Morgan fingerprint density at radius 3 is 2.26 bits per heavy atom. The van der Waals surface area contributed by atoms with Crippen molar-refractivity contribution in [1.29, 1.82) is 0 Å². The molecule has 0 fully saturated rings. The molecule has 146 valence electrons. The van der Waals surface area contributed by atoms with Crippen molar-refractivity contribution in [3.63, 3.8) is 0 Å². The predicted octanol–water partition coefficient (Wildman–Crippen LogP) is 2.67. The van der Waals surface area contributed by atoms with E-state index in [0.717, 1.165) is 49.9 Å². The van der Waals surface area contributed by atoms with E-state index in [0.29, 0.717) is 0 Å². The van der Waals surface area contributed by atoms with Crippen molar-refractivity contribution in [3.8, 4) is 5.75 Å². The number of guanidine groups is 1. The summed E-state index contributed by atoms with van der Waals surface area (Å²) in [5, 5.41) is 6.64. The highest BCUT2D eigenvalue weighted by Crippen LogP contribution is 2.11. The molecule has 0 aromatic heterocycles. The van der Waals surface area contributed by atoms with Crippen LogP contribution in [0.25, 0.3) is 0 Å². The van der Waals surface area contributed by atoms with Gasteiger partial charge in [0.05, 0.1) is 7.11 Å². The summed E-state index contributed by atoms with van der Waals surface area (Å²) in [5.74, 6) is 1.46. The van der Waals surface area contributed by atoms with Gasteiger partial charge in [0.15, 0.2) is 5.96 Å². The largest absolute Gasteiger partial charge is 0.497 e. The maximum absolute atomic E-state index is 12.9. The Hall–Kier alpha value is -2.60. The summed E-state index contributed by atoms with van der Waals surface area (Å²) in [6.07, 6.45) is 0.912. The van der Waals surface area contributed by atoms with Gasteiger partial charge in [0.2, 0.25) is 0 Å². The van der Waals surface area contributed by atoms with Crippen LogP contribution in [-0.2, 0) is 13.0 Å². The minimum atomic E-state index is -0.201. The molecule has 0 atom stereocenters. The molecule has 0 unspecified atom stereocenters. The first-order valence-electron chi connectivity index (χ1n) is 9.11. The lowest BCUT2D eigenvalue weighted by Gasteiger charge is -2.18. The normalized spacial score (nSPS) is 11.5. The summed E-state index contributed by atoms with van der Waals surface area (Å²) < 4.78 is 18.1. The molecule has 0 spiro atoms. The monoisotopic (exact) mass is 372 g/mol. The zero-order valence-corrected chi connectivity index (χ0v) is 16.3. The third kappa shape index (κ3) is 7.66. The molecule has 0 aliphatic heterocycles. The first kappa shape index (κ1) is 20.7. The Balaban J connectivity index is 1.65. The number of aliphatic imine (C=N–C) groups is 1. The Morgan fingerprint density at radius 2 is 1.63 bits per heavy atom. The molecule has 2 N–H and O–H groups in total. The van der Waals surface area contributed by atoms with E-state index in [1.807, 2.05) is 31.3 Å². The number of ether oxygens (including phenoxy) is 1. The molecular weight excluding hydrogens is 343 g/mol. The third-order valence-electron chi connectivity index (χ3n) is 4.24. The number of rotatable bonds is 9. The molecular formula is C21H29FN4O. The van der Waals surface area contributed by atoms with E-state index in [9.17, 15) is 4.39 Å². The summed E-state index contributed by atoms with van der Waals surface area (Å²) in [6.45, 7) is 3.22. The minimum Gasteiger partial charge on any atom is -0.497 e. The fourth-order valence-corrected chi connectivity index (χ4v) is 2.68.